The van der Waals surface area contributed by atoms with Gasteiger partial charge in [0.2, 0.25) is 5.78 Å². The third-order valence-electron chi connectivity index (χ3n) is 4.98. The minimum atomic E-state index is -0.0277. The second kappa shape index (κ2) is 6.69. The quantitative estimate of drug-likeness (QED) is 0.737. The number of benzene rings is 2. The number of rotatable bonds is 4. The van der Waals surface area contributed by atoms with E-state index in [0.29, 0.717) is 12.3 Å². The molecule has 5 heteroatoms. The Balaban J connectivity index is 1.42. The molecule has 1 aromatic heterocycles. The fourth-order valence-corrected chi connectivity index (χ4v) is 3.54. The Bertz CT molecular complexity index is 881. The zero-order valence-corrected chi connectivity index (χ0v) is 13.9. The average molecular weight is 336 g/mol. The molecule has 1 aliphatic rings. The van der Waals surface area contributed by atoms with Crippen molar-refractivity contribution in [2.45, 2.75) is 19.4 Å². The molecule has 0 saturated carbocycles. The molecule has 0 amide bonds. The summed E-state index contributed by atoms with van der Waals surface area (Å²) in [4.78, 5) is 18.5. The van der Waals surface area contributed by atoms with Crippen LogP contribution in [0.2, 0.25) is 0 Å². The van der Waals surface area contributed by atoms with Crippen LogP contribution in [-0.2, 0) is 6.54 Å². The molecule has 1 fully saturated rings. The van der Waals surface area contributed by atoms with Gasteiger partial charge >= 0.3 is 0 Å². The van der Waals surface area contributed by atoms with E-state index in [4.69, 9.17) is 4.42 Å². The van der Waals surface area contributed by atoms with Gasteiger partial charge in [0, 0.05) is 23.4 Å². The first kappa shape index (κ1) is 15.8. The van der Waals surface area contributed by atoms with Crippen molar-refractivity contribution in [2.24, 2.45) is 5.92 Å². The van der Waals surface area contributed by atoms with E-state index in [0.717, 1.165) is 42.3 Å². The SMILES string of the molecule is O=C(c1ncco1)C1CCN(Cc2ccc3ccccc3c2O)CC1. The minimum Gasteiger partial charge on any atom is -0.507 e. The summed E-state index contributed by atoms with van der Waals surface area (Å²) in [5.41, 5.74) is 0.927. The van der Waals surface area contributed by atoms with Crippen molar-refractivity contribution in [3.8, 4) is 5.75 Å². The summed E-state index contributed by atoms with van der Waals surface area (Å²) >= 11 is 0. The van der Waals surface area contributed by atoms with E-state index in [1.807, 2.05) is 36.4 Å². The van der Waals surface area contributed by atoms with Crippen LogP contribution < -0.4 is 0 Å². The first-order chi connectivity index (χ1) is 12.2. The van der Waals surface area contributed by atoms with Crippen LogP contribution in [0.25, 0.3) is 10.8 Å². The van der Waals surface area contributed by atoms with Crippen molar-refractivity contribution >= 4 is 16.6 Å². The number of ketones is 1. The second-order valence-electron chi connectivity index (χ2n) is 6.55. The summed E-state index contributed by atoms with van der Waals surface area (Å²) < 4.78 is 5.12. The van der Waals surface area contributed by atoms with Crippen LogP contribution in [0.15, 0.2) is 53.3 Å². The Labute approximate surface area is 145 Å². The number of carbonyl (C=O) groups is 1. The number of aromatic hydroxyl groups is 1. The summed E-state index contributed by atoms with van der Waals surface area (Å²) in [6, 6.07) is 11.9. The summed E-state index contributed by atoms with van der Waals surface area (Å²) in [6.45, 7) is 2.34. The van der Waals surface area contributed by atoms with Crippen LogP contribution in [-0.4, -0.2) is 33.9 Å². The number of carbonyl (C=O) groups excluding carboxylic acids is 1. The molecule has 0 spiro atoms. The molecule has 0 unspecified atom stereocenters. The molecule has 1 N–H and O–H groups in total. The van der Waals surface area contributed by atoms with Crippen molar-refractivity contribution in [1.82, 2.24) is 9.88 Å². The first-order valence-corrected chi connectivity index (χ1v) is 8.58. The number of phenolic OH excluding ortho intramolecular Hbond substituents is 1. The number of piperidine rings is 1. The first-order valence-electron chi connectivity index (χ1n) is 8.58. The van der Waals surface area contributed by atoms with E-state index in [1.165, 1.54) is 12.5 Å². The summed E-state index contributed by atoms with van der Waals surface area (Å²) in [5.74, 6) is 0.542. The molecule has 0 atom stereocenters. The van der Waals surface area contributed by atoms with Gasteiger partial charge in [0.1, 0.15) is 12.0 Å². The van der Waals surface area contributed by atoms with E-state index < -0.39 is 0 Å². The number of fused-ring (bicyclic) bond motifs is 1. The molecule has 25 heavy (non-hydrogen) atoms. The van der Waals surface area contributed by atoms with Gasteiger partial charge < -0.3 is 9.52 Å². The number of hydrogen-bond donors (Lipinski definition) is 1. The molecule has 4 rings (SSSR count). The zero-order chi connectivity index (χ0) is 17.2. The molecule has 0 bridgehead atoms. The van der Waals surface area contributed by atoms with Gasteiger partial charge in [0.15, 0.2) is 0 Å². The molecule has 0 aliphatic carbocycles. The van der Waals surface area contributed by atoms with Gasteiger partial charge in [-0.25, -0.2) is 4.98 Å². The van der Waals surface area contributed by atoms with Crippen LogP contribution in [0.1, 0.15) is 29.1 Å². The Morgan fingerprint density at radius 1 is 1.20 bits per heavy atom. The van der Waals surface area contributed by atoms with Crippen molar-refractivity contribution < 1.29 is 14.3 Å². The number of hydrogen-bond acceptors (Lipinski definition) is 5. The summed E-state index contributed by atoms with van der Waals surface area (Å²) in [7, 11) is 0. The fourth-order valence-electron chi connectivity index (χ4n) is 3.54. The van der Waals surface area contributed by atoms with Gasteiger partial charge in [-0.1, -0.05) is 36.4 Å². The van der Waals surface area contributed by atoms with Crippen LogP contribution >= 0.6 is 0 Å². The Kier molecular flexibility index (Phi) is 4.24. The van der Waals surface area contributed by atoms with Gasteiger partial charge in [0.25, 0.3) is 5.89 Å². The van der Waals surface area contributed by atoms with Gasteiger partial charge in [-0.3, -0.25) is 9.69 Å². The van der Waals surface area contributed by atoms with E-state index in [-0.39, 0.29) is 17.6 Å². The largest absolute Gasteiger partial charge is 0.507 e. The lowest BCUT2D eigenvalue weighted by molar-refractivity contribution is 0.0798. The Morgan fingerprint density at radius 2 is 2.00 bits per heavy atom. The molecule has 0 radical (unpaired) electrons. The molecule has 2 aromatic carbocycles. The Morgan fingerprint density at radius 3 is 2.76 bits per heavy atom. The predicted octanol–water partition coefficient (Wildman–Crippen LogP) is 3.63. The maximum atomic E-state index is 12.3. The predicted molar refractivity (Wildman–Crippen MR) is 94.4 cm³/mol. The third-order valence-corrected chi connectivity index (χ3v) is 4.98. The number of likely N-dealkylation sites (tertiary alicyclic amines) is 1. The number of nitrogens with zero attached hydrogens (tertiary/aromatic N) is 2. The number of oxazole rings is 1. The van der Waals surface area contributed by atoms with Crippen LogP contribution in [0.3, 0.4) is 0 Å². The van der Waals surface area contributed by atoms with Crippen LogP contribution in [0.4, 0.5) is 0 Å². The lowest BCUT2D eigenvalue weighted by Gasteiger charge is -2.31. The molecular weight excluding hydrogens is 316 g/mol. The maximum absolute atomic E-state index is 12.3. The van der Waals surface area contributed by atoms with E-state index >= 15 is 0 Å². The molecule has 128 valence electrons. The summed E-state index contributed by atoms with van der Waals surface area (Å²) in [6.07, 6.45) is 4.51. The van der Waals surface area contributed by atoms with Gasteiger partial charge in [-0.15, -0.1) is 0 Å². The van der Waals surface area contributed by atoms with Crippen molar-refractivity contribution in [3.05, 3.63) is 60.3 Å². The van der Waals surface area contributed by atoms with Gasteiger partial charge in [-0.2, -0.15) is 0 Å². The highest BCUT2D eigenvalue weighted by atomic mass is 16.3. The van der Waals surface area contributed by atoms with E-state index in [9.17, 15) is 9.90 Å². The van der Waals surface area contributed by atoms with Gasteiger partial charge in [-0.05, 0) is 31.3 Å². The zero-order valence-electron chi connectivity index (χ0n) is 13.9. The monoisotopic (exact) mass is 336 g/mol. The Hall–Kier alpha value is -2.66. The maximum Gasteiger partial charge on any atom is 0.263 e. The molecule has 5 nitrogen and oxygen atoms in total. The standard InChI is InChI=1S/C20H20N2O3/c23-18-16(6-5-14-3-1-2-4-17(14)18)13-22-10-7-15(8-11-22)19(24)20-21-9-12-25-20/h1-6,9,12,15,23H,7-8,10-11,13H2. The molecule has 2 heterocycles. The van der Waals surface area contributed by atoms with E-state index in [1.54, 1.807) is 0 Å². The highest BCUT2D eigenvalue weighted by Crippen LogP contribution is 2.30. The molecule has 1 aliphatic heterocycles. The van der Waals surface area contributed by atoms with Crippen molar-refractivity contribution in [2.75, 3.05) is 13.1 Å². The number of Topliss-reactive ketones (excluding diaryl/α,β-unsaturated/α-hetero) is 1. The highest BCUT2D eigenvalue weighted by molar-refractivity contribution is 5.93. The molecule has 1 saturated heterocycles. The molecule has 3 aromatic rings. The van der Waals surface area contributed by atoms with Crippen LogP contribution in [0.5, 0.6) is 5.75 Å². The average Bonchev–Trinajstić information content (AvgIpc) is 3.19. The smallest absolute Gasteiger partial charge is 0.263 e. The fraction of sp³-hybridized carbons (Fsp3) is 0.300. The van der Waals surface area contributed by atoms with Crippen molar-refractivity contribution in [3.63, 3.8) is 0 Å². The van der Waals surface area contributed by atoms with Crippen LogP contribution in [0, 0.1) is 5.92 Å². The van der Waals surface area contributed by atoms with Gasteiger partial charge in [0.05, 0.1) is 6.20 Å². The molecular formula is C20H20N2O3. The highest BCUT2D eigenvalue weighted by Gasteiger charge is 2.28. The normalized spacial score (nSPS) is 16.3. The number of phenols is 1. The lowest BCUT2D eigenvalue weighted by atomic mass is 9.92. The number of aromatic nitrogens is 1. The second-order valence-corrected chi connectivity index (χ2v) is 6.55. The van der Waals surface area contributed by atoms with E-state index in [2.05, 4.69) is 9.88 Å². The summed E-state index contributed by atoms with van der Waals surface area (Å²) in [5, 5.41) is 12.5. The third kappa shape index (κ3) is 3.15. The van der Waals surface area contributed by atoms with Crippen molar-refractivity contribution in [1.29, 1.82) is 0 Å². The lowest BCUT2D eigenvalue weighted by Crippen LogP contribution is -2.36. The topological polar surface area (TPSA) is 66.6 Å². The minimum absolute atomic E-state index is 0.00166.